The first kappa shape index (κ1) is 12.7. The van der Waals surface area contributed by atoms with Gasteiger partial charge in [-0.05, 0) is 23.8 Å². The van der Waals surface area contributed by atoms with Gasteiger partial charge >= 0.3 is 0 Å². The molecule has 5 heteroatoms. The summed E-state index contributed by atoms with van der Waals surface area (Å²) in [5.41, 5.74) is 1.60. The summed E-state index contributed by atoms with van der Waals surface area (Å²) in [6, 6.07) is 5.48. The van der Waals surface area contributed by atoms with Crippen molar-refractivity contribution in [2.45, 2.75) is 13.0 Å². The van der Waals surface area contributed by atoms with Crippen LogP contribution in [0.1, 0.15) is 11.3 Å². The molecule has 0 unspecified atom stereocenters. The van der Waals surface area contributed by atoms with Crippen LogP contribution >= 0.6 is 0 Å². The lowest BCUT2D eigenvalue weighted by atomic mass is 10.2. The van der Waals surface area contributed by atoms with Crippen LogP contribution in [-0.2, 0) is 20.0 Å². The molecule has 18 heavy (non-hydrogen) atoms. The molecule has 0 fully saturated rings. The molecule has 0 aliphatic carbocycles. The molecule has 0 bridgehead atoms. The van der Waals surface area contributed by atoms with Gasteiger partial charge in [-0.1, -0.05) is 0 Å². The Balaban J connectivity index is 1.78. The molecule has 2 aromatic rings. The molecule has 2 rings (SSSR count). The lowest BCUT2D eigenvalue weighted by Gasteiger charge is -2.04. The summed E-state index contributed by atoms with van der Waals surface area (Å²) in [6.07, 6.45) is 2.68. The summed E-state index contributed by atoms with van der Waals surface area (Å²) >= 11 is 0. The van der Waals surface area contributed by atoms with Crippen LogP contribution in [0.3, 0.4) is 0 Å². The summed E-state index contributed by atoms with van der Waals surface area (Å²) in [5.74, 6) is -1.09. The molecular weight excluding hydrogens is 236 g/mol. The van der Waals surface area contributed by atoms with E-state index in [9.17, 15) is 8.78 Å². The van der Waals surface area contributed by atoms with Crippen LogP contribution in [0.25, 0.3) is 0 Å². The first-order valence-corrected chi connectivity index (χ1v) is 5.78. The molecule has 1 N–H and O–H groups in total. The Hall–Kier alpha value is -1.75. The third kappa shape index (κ3) is 3.63. The molecule has 0 aliphatic heterocycles. The number of halogens is 2. The average molecular weight is 251 g/mol. The topological polar surface area (TPSA) is 29.9 Å². The first-order valence-electron chi connectivity index (χ1n) is 5.78. The SMILES string of the molecule is Cn1ccc(CCNCc2cc(F)cc(F)c2)n1. The minimum Gasteiger partial charge on any atom is -0.312 e. The van der Waals surface area contributed by atoms with E-state index in [0.29, 0.717) is 12.1 Å². The molecule has 0 saturated carbocycles. The van der Waals surface area contributed by atoms with Crippen molar-refractivity contribution < 1.29 is 8.78 Å². The number of hydrogen-bond donors (Lipinski definition) is 1. The Kier molecular flexibility index (Phi) is 4.04. The van der Waals surface area contributed by atoms with Crippen molar-refractivity contribution in [3.63, 3.8) is 0 Å². The third-order valence-corrected chi connectivity index (χ3v) is 2.58. The molecule has 3 nitrogen and oxygen atoms in total. The number of hydrogen-bond acceptors (Lipinski definition) is 2. The number of rotatable bonds is 5. The molecule has 0 radical (unpaired) electrons. The maximum atomic E-state index is 12.9. The maximum absolute atomic E-state index is 12.9. The van der Waals surface area contributed by atoms with Gasteiger partial charge in [0, 0.05) is 38.8 Å². The summed E-state index contributed by atoms with van der Waals surface area (Å²) in [7, 11) is 1.87. The van der Waals surface area contributed by atoms with Crippen molar-refractivity contribution in [2.24, 2.45) is 7.05 Å². The van der Waals surface area contributed by atoms with E-state index in [1.54, 1.807) is 4.68 Å². The summed E-state index contributed by atoms with van der Waals surface area (Å²) in [5, 5.41) is 7.37. The van der Waals surface area contributed by atoms with Gasteiger partial charge in [0.15, 0.2) is 0 Å². The van der Waals surface area contributed by atoms with E-state index in [2.05, 4.69) is 10.4 Å². The van der Waals surface area contributed by atoms with Crippen LogP contribution < -0.4 is 5.32 Å². The number of aryl methyl sites for hydroxylation is 1. The second-order valence-electron chi connectivity index (χ2n) is 4.19. The van der Waals surface area contributed by atoms with Gasteiger partial charge in [0.05, 0.1) is 5.69 Å². The van der Waals surface area contributed by atoms with Crippen LogP contribution in [0.5, 0.6) is 0 Å². The van der Waals surface area contributed by atoms with Crippen molar-refractivity contribution >= 4 is 0 Å². The molecule has 96 valence electrons. The van der Waals surface area contributed by atoms with Crippen molar-refractivity contribution in [2.75, 3.05) is 6.54 Å². The van der Waals surface area contributed by atoms with Gasteiger partial charge in [-0.3, -0.25) is 4.68 Å². The first-order chi connectivity index (χ1) is 8.63. The van der Waals surface area contributed by atoms with Crippen LogP contribution in [0.4, 0.5) is 8.78 Å². The molecular formula is C13H15F2N3. The van der Waals surface area contributed by atoms with Gasteiger partial charge in [0.1, 0.15) is 11.6 Å². The number of benzene rings is 1. The monoisotopic (exact) mass is 251 g/mol. The van der Waals surface area contributed by atoms with Gasteiger partial charge in [-0.2, -0.15) is 5.10 Å². The van der Waals surface area contributed by atoms with Crippen LogP contribution in [0, 0.1) is 11.6 Å². The van der Waals surface area contributed by atoms with Crippen LogP contribution in [0.15, 0.2) is 30.5 Å². The van der Waals surface area contributed by atoms with E-state index >= 15 is 0 Å². The fourth-order valence-corrected chi connectivity index (χ4v) is 1.76. The summed E-state index contributed by atoms with van der Waals surface area (Å²) in [6.45, 7) is 1.16. The third-order valence-electron chi connectivity index (χ3n) is 2.58. The molecule has 0 atom stereocenters. The summed E-state index contributed by atoms with van der Waals surface area (Å²) in [4.78, 5) is 0. The van der Waals surface area contributed by atoms with Gasteiger partial charge in [0.25, 0.3) is 0 Å². The molecule has 1 aromatic heterocycles. The Labute approximate surface area is 104 Å². The zero-order chi connectivity index (χ0) is 13.0. The van der Waals surface area contributed by atoms with E-state index in [-0.39, 0.29) is 0 Å². The van der Waals surface area contributed by atoms with Crippen molar-refractivity contribution in [1.29, 1.82) is 0 Å². The van der Waals surface area contributed by atoms with Gasteiger partial charge in [0.2, 0.25) is 0 Å². The quantitative estimate of drug-likeness (QED) is 0.824. The van der Waals surface area contributed by atoms with Crippen LogP contribution in [0.2, 0.25) is 0 Å². The Morgan fingerprint density at radius 3 is 2.56 bits per heavy atom. The fraction of sp³-hybridized carbons (Fsp3) is 0.308. The predicted molar refractivity (Wildman–Crippen MR) is 65.0 cm³/mol. The largest absolute Gasteiger partial charge is 0.312 e. The Morgan fingerprint density at radius 2 is 1.94 bits per heavy atom. The highest BCUT2D eigenvalue weighted by Gasteiger charge is 2.01. The molecule has 0 spiro atoms. The van der Waals surface area contributed by atoms with E-state index in [0.717, 1.165) is 24.7 Å². The maximum Gasteiger partial charge on any atom is 0.126 e. The number of nitrogens with zero attached hydrogens (tertiary/aromatic N) is 2. The predicted octanol–water partition coefficient (Wildman–Crippen LogP) is 2.03. The molecule has 0 amide bonds. The zero-order valence-electron chi connectivity index (χ0n) is 10.2. The molecule has 0 saturated heterocycles. The molecule has 1 aromatic carbocycles. The highest BCUT2D eigenvalue weighted by Crippen LogP contribution is 2.07. The second-order valence-corrected chi connectivity index (χ2v) is 4.19. The van der Waals surface area contributed by atoms with Gasteiger partial charge < -0.3 is 5.32 Å². The Morgan fingerprint density at radius 1 is 1.22 bits per heavy atom. The van der Waals surface area contributed by atoms with Crippen molar-refractivity contribution in [3.8, 4) is 0 Å². The van der Waals surface area contributed by atoms with E-state index in [1.807, 2.05) is 19.3 Å². The Bertz CT molecular complexity index is 502. The molecule has 1 heterocycles. The van der Waals surface area contributed by atoms with Gasteiger partial charge in [-0.25, -0.2) is 8.78 Å². The number of aromatic nitrogens is 2. The minimum absolute atomic E-state index is 0.446. The fourth-order valence-electron chi connectivity index (χ4n) is 1.76. The zero-order valence-corrected chi connectivity index (χ0v) is 10.2. The second kappa shape index (κ2) is 5.73. The van der Waals surface area contributed by atoms with Crippen molar-refractivity contribution in [1.82, 2.24) is 15.1 Å². The average Bonchev–Trinajstić information content (AvgIpc) is 2.69. The van der Waals surface area contributed by atoms with E-state index in [4.69, 9.17) is 0 Å². The van der Waals surface area contributed by atoms with Gasteiger partial charge in [-0.15, -0.1) is 0 Å². The smallest absolute Gasteiger partial charge is 0.126 e. The van der Waals surface area contributed by atoms with E-state index < -0.39 is 11.6 Å². The molecule has 0 aliphatic rings. The normalized spacial score (nSPS) is 10.8. The van der Waals surface area contributed by atoms with E-state index in [1.165, 1.54) is 12.1 Å². The minimum atomic E-state index is -0.545. The highest BCUT2D eigenvalue weighted by molar-refractivity contribution is 5.17. The lowest BCUT2D eigenvalue weighted by Crippen LogP contribution is -2.17. The standard InChI is InChI=1S/C13H15F2N3/c1-18-5-3-13(17-18)2-4-16-9-10-6-11(14)8-12(15)7-10/h3,5-8,16H,2,4,9H2,1H3. The number of nitrogens with one attached hydrogen (secondary N) is 1. The highest BCUT2D eigenvalue weighted by atomic mass is 19.1. The van der Waals surface area contributed by atoms with Crippen molar-refractivity contribution in [3.05, 3.63) is 53.4 Å². The summed E-state index contributed by atoms with van der Waals surface area (Å²) < 4.78 is 27.6. The lowest BCUT2D eigenvalue weighted by molar-refractivity contribution is 0.575. The van der Waals surface area contributed by atoms with Crippen LogP contribution in [-0.4, -0.2) is 16.3 Å².